The van der Waals surface area contributed by atoms with E-state index in [0.717, 1.165) is 25.0 Å². The van der Waals surface area contributed by atoms with Crippen LogP contribution in [0.1, 0.15) is 70.6 Å². The summed E-state index contributed by atoms with van der Waals surface area (Å²) >= 11 is 0. The van der Waals surface area contributed by atoms with E-state index >= 15 is 0 Å². The predicted molar refractivity (Wildman–Crippen MR) is 91.6 cm³/mol. The van der Waals surface area contributed by atoms with Gasteiger partial charge < -0.3 is 15.5 Å². The number of nitrogens with two attached hydrogens (primary N) is 1. The summed E-state index contributed by atoms with van der Waals surface area (Å²) in [5.74, 6) is 0. The maximum absolute atomic E-state index is 5.76. The zero-order valence-electron chi connectivity index (χ0n) is 14.2. The van der Waals surface area contributed by atoms with Gasteiger partial charge in [-0.2, -0.15) is 0 Å². The largest absolute Gasteiger partial charge is 0.330 e. The van der Waals surface area contributed by atoms with Crippen molar-refractivity contribution in [3.05, 3.63) is 0 Å². The second-order valence-corrected chi connectivity index (χ2v) is 7.24. The van der Waals surface area contributed by atoms with Crippen LogP contribution in [0.25, 0.3) is 0 Å². The normalized spacial score (nSPS) is 26.1. The standard InChI is InChI=1S/C18H37N3/c1-20-14-7-6-9-17(20)12-16-21(15-8-13-19)18-10-4-2-3-5-11-18/h17-18H,2-16,19H2,1H3. The van der Waals surface area contributed by atoms with E-state index in [2.05, 4.69) is 16.8 Å². The zero-order chi connectivity index (χ0) is 14.9. The summed E-state index contributed by atoms with van der Waals surface area (Å²) in [6, 6.07) is 1.66. The minimum Gasteiger partial charge on any atom is -0.330 e. The van der Waals surface area contributed by atoms with Gasteiger partial charge in [-0.05, 0) is 71.8 Å². The van der Waals surface area contributed by atoms with Crippen LogP contribution in [0, 0.1) is 0 Å². The van der Waals surface area contributed by atoms with Crippen LogP contribution in [0.15, 0.2) is 0 Å². The Morgan fingerprint density at radius 2 is 1.67 bits per heavy atom. The van der Waals surface area contributed by atoms with E-state index in [9.17, 15) is 0 Å². The first-order valence-corrected chi connectivity index (χ1v) is 9.45. The minimum absolute atomic E-state index is 0.824. The summed E-state index contributed by atoms with van der Waals surface area (Å²) in [4.78, 5) is 5.39. The van der Waals surface area contributed by atoms with Crippen molar-refractivity contribution in [1.82, 2.24) is 9.80 Å². The molecule has 1 heterocycles. The van der Waals surface area contributed by atoms with Gasteiger partial charge in [-0.3, -0.25) is 0 Å². The number of likely N-dealkylation sites (tertiary alicyclic amines) is 1. The number of piperidine rings is 1. The molecule has 2 aliphatic rings. The molecule has 1 unspecified atom stereocenters. The first-order chi connectivity index (χ1) is 10.3. The highest BCUT2D eigenvalue weighted by atomic mass is 15.2. The molecule has 0 radical (unpaired) electrons. The van der Waals surface area contributed by atoms with Crippen LogP contribution >= 0.6 is 0 Å². The Bertz CT molecular complexity index is 261. The third-order valence-corrected chi connectivity index (χ3v) is 5.66. The zero-order valence-corrected chi connectivity index (χ0v) is 14.2. The van der Waals surface area contributed by atoms with Gasteiger partial charge in [0, 0.05) is 12.1 Å². The Morgan fingerprint density at radius 1 is 0.952 bits per heavy atom. The maximum atomic E-state index is 5.76. The molecule has 1 aliphatic carbocycles. The van der Waals surface area contributed by atoms with Crippen molar-refractivity contribution in [2.75, 3.05) is 33.2 Å². The number of rotatable bonds is 7. The Labute approximate surface area is 132 Å². The number of hydrogen-bond donors (Lipinski definition) is 1. The SMILES string of the molecule is CN1CCCCC1CCN(CCCN)C1CCCCCC1. The first kappa shape index (κ1) is 17.2. The lowest BCUT2D eigenvalue weighted by molar-refractivity contribution is 0.127. The molecule has 1 aliphatic heterocycles. The minimum atomic E-state index is 0.824. The van der Waals surface area contributed by atoms with Crippen molar-refractivity contribution in [3.63, 3.8) is 0 Å². The van der Waals surface area contributed by atoms with Crippen molar-refractivity contribution in [1.29, 1.82) is 0 Å². The highest BCUT2D eigenvalue weighted by Gasteiger charge is 2.23. The van der Waals surface area contributed by atoms with Gasteiger partial charge in [0.2, 0.25) is 0 Å². The van der Waals surface area contributed by atoms with E-state index in [1.54, 1.807) is 0 Å². The van der Waals surface area contributed by atoms with Gasteiger partial charge in [-0.25, -0.2) is 0 Å². The van der Waals surface area contributed by atoms with E-state index in [4.69, 9.17) is 5.73 Å². The topological polar surface area (TPSA) is 32.5 Å². The molecule has 3 nitrogen and oxygen atoms in total. The fourth-order valence-electron chi connectivity index (χ4n) is 4.22. The fourth-order valence-corrected chi connectivity index (χ4v) is 4.22. The molecule has 2 N–H and O–H groups in total. The lowest BCUT2D eigenvalue weighted by Gasteiger charge is -2.36. The second kappa shape index (κ2) is 9.81. The quantitative estimate of drug-likeness (QED) is 0.732. The molecule has 0 amide bonds. The van der Waals surface area contributed by atoms with Crippen LogP contribution < -0.4 is 5.73 Å². The van der Waals surface area contributed by atoms with Crippen LogP contribution in [0.3, 0.4) is 0 Å². The van der Waals surface area contributed by atoms with Crippen molar-refractivity contribution < 1.29 is 0 Å². The maximum Gasteiger partial charge on any atom is 0.0104 e. The Hall–Kier alpha value is -0.120. The van der Waals surface area contributed by atoms with Crippen LogP contribution in [0.2, 0.25) is 0 Å². The molecular weight excluding hydrogens is 258 g/mol. The summed E-state index contributed by atoms with van der Waals surface area (Å²) in [6.45, 7) is 4.65. The van der Waals surface area contributed by atoms with Crippen LogP contribution in [0.4, 0.5) is 0 Å². The summed E-state index contributed by atoms with van der Waals surface area (Å²) in [5, 5.41) is 0. The van der Waals surface area contributed by atoms with Crippen LogP contribution in [-0.2, 0) is 0 Å². The van der Waals surface area contributed by atoms with E-state index in [-0.39, 0.29) is 0 Å². The molecule has 0 aromatic heterocycles. The summed E-state index contributed by atoms with van der Waals surface area (Å²) < 4.78 is 0. The molecule has 124 valence electrons. The van der Waals surface area contributed by atoms with Crippen molar-refractivity contribution in [3.8, 4) is 0 Å². The van der Waals surface area contributed by atoms with Crippen LogP contribution in [-0.4, -0.2) is 55.1 Å². The third kappa shape index (κ3) is 5.88. The molecule has 3 heteroatoms. The molecule has 0 bridgehead atoms. The third-order valence-electron chi connectivity index (χ3n) is 5.66. The van der Waals surface area contributed by atoms with Crippen molar-refractivity contribution in [2.24, 2.45) is 5.73 Å². The molecule has 1 atom stereocenters. The fraction of sp³-hybridized carbons (Fsp3) is 1.00. The average molecular weight is 296 g/mol. The van der Waals surface area contributed by atoms with Crippen molar-refractivity contribution in [2.45, 2.75) is 82.7 Å². The lowest BCUT2D eigenvalue weighted by Crippen LogP contribution is -2.42. The summed E-state index contributed by atoms with van der Waals surface area (Å²) in [7, 11) is 2.32. The van der Waals surface area contributed by atoms with E-state index < -0.39 is 0 Å². The van der Waals surface area contributed by atoms with Crippen LogP contribution in [0.5, 0.6) is 0 Å². The van der Waals surface area contributed by atoms with Gasteiger partial charge in [-0.15, -0.1) is 0 Å². The molecule has 1 saturated heterocycles. The molecule has 2 rings (SSSR count). The first-order valence-electron chi connectivity index (χ1n) is 9.45. The monoisotopic (exact) mass is 295 g/mol. The Morgan fingerprint density at radius 3 is 2.33 bits per heavy atom. The Kier molecular flexibility index (Phi) is 8.05. The second-order valence-electron chi connectivity index (χ2n) is 7.24. The van der Waals surface area contributed by atoms with Gasteiger partial charge >= 0.3 is 0 Å². The molecular formula is C18H37N3. The van der Waals surface area contributed by atoms with Crippen molar-refractivity contribution >= 4 is 0 Å². The van der Waals surface area contributed by atoms with E-state index in [1.165, 1.54) is 83.8 Å². The predicted octanol–water partition coefficient (Wildman–Crippen LogP) is 3.23. The molecule has 1 saturated carbocycles. The summed E-state index contributed by atoms with van der Waals surface area (Å²) in [6.07, 6.45) is 15.4. The molecule has 0 aromatic carbocycles. The number of nitrogens with zero attached hydrogens (tertiary/aromatic N) is 2. The highest BCUT2D eigenvalue weighted by molar-refractivity contribution is 4.79. The van der Waals surface area contributed by atoms with E-state index in [0.29, 0.717) is 0 Å². The molecule has 2 fully saturated rings. The molecule has 0 spiro atoms. The number of hydrogen-bond acceptors (Lipinski definition) is 3. The van der Waals surface area contributed by atoms with Gasteiger partial charge in [0.15, 0.2) is 0 Å². The van der Waals surface area contributed by atoms with E-state index in [1.807, 2.05) is 0 Å². The average Bonchev–Trinajstić information content (AvgIpc) is 2.78. The molecule has 21 heavy (non-hydrogen) atoms. The van der Waals surface area contributed by atoms with Gasteiger partial charge in [-0.1, -0.05) is 32.1 Å². The summed E-state index contributed by atoms with van der Waals surface area (Å²) in [5.41, 5.74) is 5.76. The molecule has 0 aromatic rings. The smallest absolute Gasteiger partial charge is 0.0104 e. The van der Waals surface area contributed by atoms with Gasteiger partial charge in [0.1, 0.15) is 0 Å². The van der Waals surface area contributed by atoms with Gasteiger partial charge in [0.25, 0.3) is 0 Å². The van der Waals surface area contributed by atoms with Gasteiger partial charge in [0.05, 0.1) is 0 Å². The Balaban J connectivity index is 1.82. The lowest BCUT2D eigenvalue weighted by atomic mass is 9.99. The highest BCUT2D eigenvalue weighted by Crippen LogP contribution is 2.24.